The van der Waals surface area contributed by atoms with Crippen molar-refractivity contribution in [2.45, 2.75) is 81.6 Å². The van der Waals surface area contributed by atoms with Gasteiger partial charge in [0.25, 0.3) is 0 Å². The van der Waals surface area contributed by atoms with Crippen molar-refractivity contribution in [3.8, 4) is 11.5 Å². The quantitative estimate of drug-likeness (QED) is 0.797. The van der Waals surface area contributed by atoms with E-state index in [1.807, 2.05) is 14.0 Å². The smallest absolute Gasteiger partial charge is 0.165 e. The molecular weight excluding hydrogens is 390 g/mol. The Morgan fingerprint density at radius 2 is 2.00 bits per heavy atom. The molecular formula is C26H37NO4. The van der Waals surface area contributed by atoms with E-state index in [2.05, 4.69) is 37.9 Å². The lowest BCUT2D eigenvalue weighted by Gasteiger charge is -2.75. The van der Waals surface area contributed by atoms with Gasteiger partial charge in [0.1, 0.15) is 11.7 Å². The Balaban J connectivity index is 1.66. The predicted octanol–water partition coefficient (Wildman–Crippen LogP) is 3.55. The van der Waals surface area contributed by atoms with Gasteiger partial charge in [0, 0.05) is 35.5 Å². The Morgan fingerprint density at radius 1 is 1.23 bits per heavy atom. The minimum absolute atomic E-state index is 0.0349. The zero-order chi connectivity index (χ0) is 22.0. The summed E-state index contributed by atoms with van der Waals surface area (Å²) in [7, 11) is 5.89. The van der Waals surface area contributed by atoms with Crippen molar-refractivity contribution in [2.24, 2.45) is 17.3 Å². The van der Waals surface area contributed by atoms with Crippen LogP contribution >= 0.6 is 0 Å². The molecule has 4 aliphatic carbocycles. The zero-order valence-corrected chi connectivity index (χ0v) is 19.8. The van der Waals surface area contributed by atoms with Crippen LogP contribution in [0.2, 0.25) is 0 Å². The molecule has 0 unspecified atom stereocenters. The number of piperidine rings is 1. The van der Waals surface area contributed by atoms with Gasteiger partial charge in [-0.05, 0) is 70.2 Å². The van der Waals surface area contributed by atoms with E-state index in [9.17, 15) is 5.11 Å². The third-order valence-electron chi connectivity index (χ3n) is 10.7. The molecule has 2 heterocycles. The number of ether oxygens (including phenoxy) is 3. The molecule has 0 aromatic heterocycles. The number of nitrogens with zero attached hydrogens (tertiary/aromatic N) is 1. The Morgan fingerprint density at radius 3 is 2.68 bits per heavy atom. The number of benzene rings is 1. The summed E-state index contributed by atoms with van der Waals surface area (Å²) in [6.07, 6.45) is 5.13. The number of aliphatic hydroxyl groups is 1. The summed E-state index contributed by atoms with van der Waals surface area (Å²) in [5.41, 5.74) is 1.56. The molecule has 2 spiro atoms. The highest BCUT2D eigenvalue weighted by molar-refractivity contribution is 5.63. The molecule has 7 rings (SSSR count). The lowest BCUT2D eigenvalue weighted by molar-refractivity contribution is -0.305. The van der Waals surface area contributed by atoms with Crippen LogP contribution in [0.4, 0.5) is 0 Å². The Labute approximate surface area is 186 Å². The van der Waals surface area contributed by atoms with Crippen molar-refractivity contribution >= 4 is 0 Å². The molecule has 1 N–H and O–H groups in total. The van der Waals surface area contributed by atoms with Gasteiger partial charge in [0.2, 0.25) is 0 Å². The molecule has 5 heteroatoms. The summed E-state index contributed by atoms with van der Waals surface area (Å²) in [4.78, 5) is 2.60. The number of hydrogen-bond donors (Lipinski definition) is 1. The Kier molecular flexibility index (Phi) is 3.92. The van der Waals surface area contributed by atoms with E-state index < -0.39 is 11.2 Å². The van der Waals surface area contributed by atoms with Gasteiger partial charge >= 0.3 is 0 Å². The van der Waals surface area contributed by atoms with Crippen molar-refractivity contribution in [3.63, 3.8) is 0 Å². The summed E-state index contributed by atoms with van der Waals surface area (Å²) < 4.78 is 19.3. The molecule has 0 radical (unpaired) electrons. The van der Waals surface area contributed by atoms with Crippen LogP contribution in [0.3, 0.4) is 0 Å². The van der Waals surface area contributed by atoms with Crippen molar-refractivity contribution in [3.05, 3.63) is 23.3 Å². The van der Waals surface area contributed by atoms with Crippen molar-refractivity contribution in [1.82, 2.24) is 4.90 Å². The van der Waals surface area contributed by atoms with Gasteiger partial charge in [-0.2, -0.15) is 0 Å². The van der Waals surface area contributed by atoms with Crippen molar-refractivity contribution in [2.75, 3.05) is 27.8 Å². The number of rotatable bonds is 4. The fraction of sp³-hybridized carbons (Fsp3) is 0.769. The first kappa shape index (κ1) is 20.3. The standard InChI is InChI=1S/C26H37NO4/c1-15(2)23(3,28)18-14-24-9-10-26(18,30-6)22-25(24)11-12-27(4)19(24)13-16-7-8-17(29-5)21(31-22)20(16)25/h7-8,15,18-19,22,28H,9-14H2,1-6H3/t18-,19-,22-,23+,24-,25+,26-/m1/s1. The molecule has 31 heavy (non-hydrogen) atoms. The van der Waals surface area contributed by atoms with Crippen LogP contribution in [-0.2, 0) is 16.6 Å². The van der Waals surface area contributed by atoms with Gasteiger partial charge in [-0.25, -0.2) is 0 Å². The van der Waals surface area contributed by atoms with Gasteiger partial charge < -0.3 is 24.2 Å². The molecule has 2 aliphatic heterocycles. The highest BCUT2D eigenvalue weighted by atomic mass is 16.6. The lowest BCUT2D eigenvalue weighted by atomic mass is 9.33. The molecule has 7 atom stereocenters. The second kappa shape index (κ2) is 5.98. The third kappa shape index (κ3) is 1.98. The van der Waals surface area contributed by atoms with E-state index in [0.29, 0.717) is 6.04 Å². The second-order valence-electron chi connectivity index (χ2n) is 11.5. The van der Waals surface area contributed by atoms with Gasteiger partial charge in [-0.1, -0.05) is 19.9 Å². The number of hydrogen-bond acceptors (Lipinski definition) is 5. The van der Waals surface area contributed by atoms with E-state index in [4.69, 9.17) is 14.2 Å². The molecule has 1 aromatic carbocycles. The van der Waals surface area contributed by atoms with Gasteiger partial charge in [-0.15, -0.1) is 0 Å². The highest BCUT2D eigenvalue weighted by Gasteiger charge is 2.81. The van der Waals surface area contributed by atoms with E-state index in [-0.39, 0.29) is 28.8 Å². The molecule has 3 saturated carbocycles. The van der Waals surface area contributed by atoms with Crippen LogP contribution in [0.15, 0.2) is 12.1 Å². The number of methoxy groups -OCH3 is 2. The molecule has 5 nitrogen and oxygen atoms in total. The molecule has 4 fully saturated rings. The van der Waals surface area contributed by atoms with Crippen LogP contribution in [0, 0.1) is 17.3 Å². The first-order valence-corrected chi connectivity index (χ1v) is 12.0. The Bertz CT molecular complexity index is 944. The molecule has 4 bridgehead atoms. The maximum absolute atomic E-state index is 11.9. The molecule has 170 valence electrons. The van der Waals surface area contributed by atoms with E-state index >= 15 is 0 Å². The second-order valence-corrected chi connectivity index (χ2v) is 11.5. The zero-order valence-electron chi connectivity index (χ0n) is 19.8. The maximum atomic E-state index is 11.9. The molecule has 1 aromatic rings. The minimum atomic E-state index is -0.819. The van der Waals surface area contributed by atoms with Crippen LogP contribution in [0.1, 0.15) is 57.6 Å². The average molecular weight is 428 g/mol. The highest BCUT2D eigenvalue weighted by Crippen LogP contribution is 2.77. The topological polar surface area (TPSA) is 51.2 Å². The summed E-state index contributed by atoms with van der Waals surface area (Å²) in [6.45, 7) is 7.38. The van der Waals surface area contributed by atoms with Crippen LogP contribution in [0.25, 0.3) is 0 Å². The molecule has 0 amide bonds. The predicted molar refractivity (Wildman–Crippen MR) is 119 cm³/mol. The van der Waals surface area contributed by atoms with E-state index in [0.717, 1.165) is 50.1 Å². The van der Waals surface area contributed by atoms with Gasteiger partial charge in [-0.3, -0.25) is 0 Å². The fourth-order valence-electron chi connectivity index (χ4n) is 8.92. The maximum Gasteiger partial charge on any atom is 0.165 e. The normalized spacial score (nSPS) is 44.1. The SMILES string of the molecule is COc1ccc2c3c1O[C@H]1[C@@]4(OC)CC[C@@]5(C[C@@H]4[C@@](C)(O)C(C)C)[C@@H](C2)N(C)CC[C@]315. The van der Waals surface area contributed by atoms with Gasteiger partial charge in [0.15, 0.2) is 11.5 Å². The largest absolute Gasteiger partial charge is 0.493 e. The summed E-state index contributed by atoms with van der Waals surface area (Å²) in [5.74, 6) is 1.97. The van der Waals surface area contributed by atoms with E-state index in [1.165, 1.54) is 11.1 Å². The first-order valence-electron chi connectivity index (χ1n) is 12.0. The average Bonchev–Trinajstić information content (AvgIpc) is 3.13. The van der Waals surface area contributed by atoms with Gasteiger partial charge in [0.05, 0.1) is 12.7 Å². The first-order chi connectivity index (χ1) is 14.7. The van der Waals surface area contributed by atoms with Crippen LogP contribution in [-0.4, -0.2) is 61.2 Å². The Hall–Kier alpha value is -1.30. The third-order valence-corrected chi connectivity index (χ3v) is 10.7. The number of likely N-dealkylation sites (tertiary alicyclic amines) is 1. The minimum Gasteiger partial charge on any atom is -0.493 e. The summed E-state index contributed by atoms with van der Waals surface area (Å²) in [5, 5.41) is 11.9. The van der Waals surface area contributed by atoms with Crippen molar-refractivity contribution in [1.29, 1.82) is 0 Å². The molecule has 1 saturated heterocycles. The fourth-order valence-corrected chi connectivity index (χ4v) is 8.92. The summed E-state index contributed by atoms with van der Waals surface area (Å²) >= 11 is 0. The summed E-state index contributed by atoms with van der Waals surface area (Å²) in [6, 6.07) is 4.83. The van der Waals surface area contributed by atoms with Crippen molar-refractivity contribution < 1.29 is 19.3 Å². The van der Waals surface area contributed by atoms with Crippen LogP contribution in [0.5, 0.6) is 11.5 Å². The number of fused-ring (bicyclic) bond motifs is 2. The van der Waals surface area contributed by atoms with E-state index in [1.54, 1.807) is 7.11 Å². The lowest BCUT2D eigenvalue weighted by Crippen LogP contribution is -2.82. The van der Waals surface area contributed by atoms with Crippen LogP contribution < -0.4 is 9.47 Å². The monoisotopic (exact) mass is 427 g/mol. The molecule has 6 aliphatic rings. The number of likely N-dealkylation sites (N-methyl/N-ethyl adjacent to an activating group) is 1.